The smallest absolute Gasteiger partial charge is 0.223 e. The minimum absolute atomic E-state index is 0.00108. The third kappa shape index (κ3) is 2.92. The third-order valence-electron chi connectivity index (χ3n) is 2.82. The van der Waals surface area contributed by atoms with Gasteiger partial charge in [-0.15, -0.1) is 0 Å². The van der Waals surface area contributed by atoms with Gasteiger partial charge in [-0.2, -0.15) is 0 Å². The first-order chi connectivity index (χ1) is 7.01. The van der Waals surface area contributed by atoms with Crippen molar-refractivity contribution in [2.24, 2.45) is 5.73 Å². The van der Waals surface area contributed by atoms with Crippen LogP contribution in [0.3, 0.4) is 0 Å². The van der Waals surface area contributed by atoms with Gasteiger partial charge in [-0.3, -0.25) is 4.79 Å². The molecule has 0 bridgehead atoms. The molecule has 1 aliphatic heterocycles. The van der Waals surface area contributed by atoms with Gasteiger partial charge >= 0.3 is 0 Å². The minimum Gasteiger partial charge on any atom is -0.373 e. The van der Waals surface area contributed by atoms with E-state index in [2.05, 4.69) is 0 Å². The van der Waals surface area contributed by atoms with E-state index in [0.717, 1.165) is 6.42 Å². The van der Waals surface area contributed by atoms with E-state index in [1.165, 1.54) is 0 Å². The number of hydrogen-bond acceptors (Lipinski definition) is 3. The second kappa shape index (κ2) is 4.94. The van der Waals surface area contributed by atoms with E-state index >= 15 is 0 Å². The number of carbonyl (C=O) groups is 1. The second-order valence-corrected chi connectivity index (χ2v) is 4.74. The van der Waals surface area contributed by atoms with Crippen LogP contribution < -0.4 is 5.73 Å². The van der Waals surface area contributed by atoms with Crippen molar-refractivity contribution >= 4 is 5.91 Å². The fraction of sp³-hybridized carbons (Fsp3) is 0.909. The van der Waals surface area contributed by atoms with E-state index in [-0.39, 0.29) is 17.6 Å². The molecule has 1 saturated heterocycles. The molecule has 1 atom stereocenters. The van der Waals surface area contributed by atoms with Gasteiger partial charge in [0.1, 0.15) is 0 Å². The van der Waals surface area contributed by atoms with Gasteiger partial charge in [-0.1, -0.05) is 6.92 Å². The summed E-state index contributed by atoms with van der Waals surface area (Å²) in [6, 6.07) is 0. The summed E-state index contributed by atoms with van der Waals surface area (Å²) in [4.78, 5) is 13.8. The minimum atomic E-state index is -0.197. The number of morpholine rings is 1. The Morgan fingerprint density at radius 1 is 1.60 bits per heavy atom. The predicted molar refractivity (Wildman–Crippen MR) is 59.5 cm³/mol. The molecule has 0 aromatic carbocycles. The maximum absolute atomic E-state index is 11.9. The zero-order valence-corrected chi connectivity index (χ0v) is 9.95. The van der Waals surface area contributed by atoms with Gasteiger partial charge in [0.2, 0.25) is 5.91 Å². The summed E-state index contributed by atoms with van der Waals surface area (Å²) in [6.45, 7) is 7.77. The Hall–Kier alpha value is -0.610. The standard InChI is InChI=1S/C11H22N2O2/c1-4-5-10(14)13-7-9(6-12)15-8-11(13,2)3/h9H,4-8,12H2,1-3H3. The number of carbonyl (C=O) groups excluding carboxylic acids is 1. The first-order valence-electron chi connectivity index (χ1n) is 5.63. The van der Waals surface area contributed by atoms with Crippen LogP contribution in [0.5, 0.6) is 0 Å². The molecule has 15 heavy (non-hydrogen) atoms. The van der Waals surface area contributed by atoms with Crippen LogP contribution in [-0.2, 0) is 9.53 Å². The Balaban J connectivity index is 2.67. The summed E-state index contributed by atoms with van der Waals surface area (Å²) in [5.41, 5.74) is 5.37. The normalized spacial score (nSPS) is 25.3. The van der Waals surface area contributed by atoms with Crippen molar-refractivity contribution in [2.45, 2.75) is 45.3 Å². The molecule has 0 saturated carbocycles. The molecular weight excluding hydrogens is 192 g/mol. The molecule has 0 aromatic heterocycles. The van der Waals surface area contributed by atoms with Crippen LogP contribution in [0.1, 0.15) is 33.6 Å². The number of nitrogens with zero attached hydrogens (tertiary/aromatic N) is 1. The molecule has 4 heteroatoms. The van der Waals surface area contributed by atoms with Gasteiger partial charge in [0.25, 0.3) is 0 Å². The molecule has 1 amide bonds. The second-order valence-electron chi connectivity index (χ2n) is 4.74. The van der Waals surface area contributed by atoms with E-state index in [1.807, 2.05) is 25.7 Å². The average Bonchev–Trinajstić information content (AvgIpc) is 2.17. The highest BCUT2D eigenvalue weighted by Crippen LogP contribution is 2.22. The SMILES string of the molecule is CCCC(=O)N1CC(CN)OCC1(C)C. The average molecular weight is 214 g/mol. The van der Waals surface area contributed by atoms with Crippen LogP contribution in [0.15, 0.2) is 0 Å². The fourth-order valence-electron chi connectivity index (χ4n) is 1.83. The topological polar surface area (TPSA) is 55.6 Å². The number of amides is 1. The van der Waals surface area contributed by atoms with Crippen LogP contribution in [-0.4, -0.2) is 42.1 Å². The van der Waals surface area contributed by atoms with E-state index in [9.17, 15) is 4.79 Å². The molecule has 1 unspecified atom stereocenters. The molecule has 88 valence electrons. The lowest BCUT2D eigenvalue weighted by atomic mass is 10.00. The zero-order valence-electron chi connectivity index (χ0n) is 9.95. The first-order valence-corrected chi connectivity index (χ1v) is 5.63. The van der Waals surface area contributed by atoms with Gasteiger partial charge in [-0.05, 0) is 20.3 Å². The monoisotopic (exact) mass is 214 g/mol. The van der Waals surface area contributed by atoms with Gasteiger partial charge < -0.3 is 15.4 Å². The molecule has 4 nitrogen and oxygen atoms in total. The number of nitrogens with two attached hydrogens (primary N) is 1. The van der Waals surface area contributed by atoms with E-state index in [4.69, 9.17) is 10.5 Å². The highest BCUT2D eigenvalue weighted by molar-refractivity contribution is 5.77. The molecular formula is C11H22N2O2. The molecule has 0 aromatic rings. The van der Waals surface area contributed by atoms with Crippen LogP contribution in [0.25, 0.3) is 0 Å². The van der Waals surface area contributed by atoms with Crippen LogP contribution >= 0.6 is 0 Å². The quantitative estimate of drug-likeness (QED) is 0.754. The van der Waals surface area contributed by atoms with Crippen molar-refractivity contribution in [1.29, 1.82) is 0 Å². The lowest BCUT2D eigenvalue weighted by molar-refractivity contribution is -0.153. The van der Waals surface area contributed by atoms with Crippen LogP contribution in [0.4, 0.5) is 0 Å². The number of ether oxygens (including phenoxy) is 1. The van der Waals surface area contributed by atoms with E-state index in [1.54, 1.807) is 0 Å². The van der Waals surface area contributed by atoms with E-state index < -0.39 is 0 Å². The Morgan fingerprint density at radius 2 is 2.27 bits per heavy atom. The Bertz CT molecular complexity index is 229. The summed E-state index contributed by atoms with van der Waals surface area (Å²) in [7, 11) is 0. The molecule has 1 rings (SSSR count). The van der Waals surface area contributed by atoms with Crippen molar-refractivity contribution in [3.63, 3.8) is 0 Å². The van der Waals surface area contributed by atoms with Gasteiger partial charge in [0.05, 0.1) is 18.2 Å². The number of hydrogen-bond donors (Lipinski definition) is 1. The largest absolute Gasteiger partial charge is 0.373 e. The van der Waals surface area contributed by atoms with Crippen molar-refractivity contribution in [3.8, 4) is 0 Å². The first kappa shape index (κ1) is 12.5. The molecule has 0 aliphatic carbocycles. The lowest BCUT2D eigenvalue weighted by Gasteiger charge is -2.45. The fourth-order valence-corrected chi connectivity index (χ4v) is 1.83. The van der Waals surface area contributed by atoms with Gasteiger partial charge in [0, 0.05) is 19.5 Å². The summed E-state index contributed by atoms with van der Waals surface area (Å²) in [5, 5.41) is 0. The molecule has 1 aliphatic rings. The predicted octanol–water partition coefficient (Wildman–Crippen LogP) is 0.751. The van der Waals surface area contributed by atoms with Gasteiger partial charge in [0.15, 0.2) is 0 Å². The highest BCUT2D eigenvalue weighted by atomic mass is 16.5. The molecule has 0 spiro atoms. The van der Waals surface area contributed by atoms with E-state index in [0.29, 0.717) is 26.1 Å². The summed E-state index contributed by atoms with van der Waals surface area (Å²) < 4.78 is 5.58. The Labute approximate surface area is 91.8 Å². The van der Waals surface area contributed by atoms with Crippen molar-refractivity contribution in [1.82, 2.24) is 4.90 Å². The Morgan fingerprint density at radius 3 is 2.80 bits per heavy atom. The van der Waals surface area contributed by atoms with Crippen LogP contribution in [0, 0.1) is 0 Å². The third-order valence-corrected chi connectivity index (χ3v) is 2.82. The Kier molecular flexibility index (Phi) is 4.11. The van der Waals surface area contributed by atoms with Crippen LogP contribution in [0.2, 0.25) is 0 Å². The number of rotatable bonds is 3. The van der Waals surface area contributed by atoms with Crippen molar-refractivity contribution in [3.05, 3.63) is 0 Å². The maximum Gasteiger partial charge on any atom is 0.223 e. The van der Waals surface area contributed by atoms with Crippen molar-refractivity contribution < 1.29 is 9.53 Å². The highest BCUT2D eigenvalue weighted by Gasteiger charge is 2.36. The van der Waals surface area contributed by atoms with Crippen molar-refractivity contribution in [2.75, 3.05) is 19.7 Å². The molecule has 2 N–H and O–H groups in total. The van der Waals surface area contributed by atoms with Gasteiger partial charge in [-0.25, -0.2) is 0 Å². The summed E-state index contributed by atoms with van der Waals surface area (Å²) in [5.74, 6) is 0.212. The molecule has 0 radical (unpaired) electrons. The molecule has 1 fully saturated rings. The lowest BCUT2D eigenvalue weighted by Crippen LogP contribution is -2.59. The molecule has 1 heterocycles. The summed E-state index contributed by atoms with van der Waals surface area (Å²) in [6.07, 6.45) is 1.50. The summed E-state index contributed by atoms with van der Waals surface area (Å²) >= 11 is 0. The maximum atomic E-state index is 11.9. The zero-order chi connectivity index (χ0) is 11.5.